The number of carbonyl (C=O) groups excluding carboxylic acids is 1. The lowest BCUT2D eigenvalue weighted by molar-refractivity contribution is -0.109. The molecule has 2 nitrogen and oxygen atoms in total. The first-order valence-corrected chi connectivity index (χ1v) is 3.01. The molecule has 0 aliphatic heterocycles. The van der Waals surface area contributed by atoms with Crippen LogP contribution in [0.4, 0.5) is 0 Å². The van der Waals surface area contributed by atoms with E-state index in [0.717, 1.165) is 5.56 Å². The Hall–Kier alpha value is -1.15. The van der Waals surface area contributed by atoms with Crippen molar-refractivity contribution in [1.29, 1.82) is 0 Å². The number of carbonyl (C=O) groups is 1. The van der Waals surface area contributed by atoms with Crippen LogP contribution in [-0.4, -0.2) is 6.29 Å². The molecule has 0 aliphatic rings. The molecule has 2 heteroatoms. The van der Waals surface area contributed by atoms with Gasteiger partial charge in [-0.2, -0.15) is 0 Å². The molecule has 10 heavy (non-hydrogen) atoms. The van der Waals surface area contributed by atoms with E-state index < -0.39 is 6.04 Å². The number of benzene rings is 1. The zero-order chi connectivity index (χ0) is 7.40. The summed E-state index contributed by atoms with van der Waals surface area (Å²) in [4.78, 5) is 10.2. The molecule has 0 heterocycles. The van der Waals surface area contributed by atoms with E-state index in [1.54, 1.807) is 24.3 Å². The number of nitrogens with two attached hydrogens (primary N) is 1. The monoisotopic (exact) mass is 134 g/mol. The maximum atomic E-state index is 10.2. The van der Waals surface area contributed by atoms with Gasteiger partial charge in [-0.05, 0) is 17.7 Å². The van der Waals surface area contributed by atoms with Crippen molar-refractivity contribution in [2.75, 3.05) is 0 Å². The van der Waals surface area contributed by atoms with E-state index in [1.807, 2.05) is 0 Å². The third-order valence-corrected chi connectivity index (χ3v) is 1.26. The molecule has 1 aromatic rings. The lowest BCUT2D eigenvalue weighted by Gasteiger charge is -2.00. The summed E-state index contributed by atoms with van der Waals surface area (Å²) in [7, 11) is 0. The minimum Gasteiger partial charge on any atom is -0.318 e. The fraction of sp³-hybridized carbons (Fsp3) is 0.125. The highest BCUT2D eigenvalue weighted by Gasteiger charge is 2.00. The number of hydrogen-bond donors (Lipinski definition) is 1. The van der Waals surface area contributed by atoms with Crippen LogP contribution in [0.2, 0.25) is 0 Å². The van der Waals surface area contributed by atoms with Crippen molar-refractivity contribution in [1.82, 2.24) is 0 Å². The average molecular weight is 134 g/mol. The van der Waals surface area contributed by atoms with Crippen molar-refractivity contribution in [2.24, 2.45) is 5.73 Å². The highest BCUT2D eigenvalue weighted by molar-refractivity contribution is 5.60. The van der Waals surface area contributed by atoms with Crippen molar-refractivity contribution >= 4 is 6.29 Å². The Labute approximate surface area is 59.7 Å². The third kappa shape index (κ3) is 1.42. The Balaban J connectivity index is 2.84. The van der Waals surface area contributed by atoms with Gasteiger partial charge in [-0.25, -0.2) is 0 Å². The molecule has 0 saturated heterocycles. The van der Waals surface area contributed by atoms with Crippen molar-refractivity contribution < 1.29 is 4.79 Å². The van der Waals surface area contributed by atoms with E-state index in [-0.39, 0.29) is 0 Å². The van der Waals surface area contributed by atoms with Gasteiger partial charge in [0.1, 0.15) is 6.29 Å². The van der Waals surface area contributed by atoms with Crippen LogP contribution < -0.4 is 5.73 Å². The number of aldehydes is 1. The van der Waals surface area contributed by atoms with E-state index in [0.29, 0.717) is 6.29 Å². The Morgan fingerprint density at radius 2 is 2.50 bits per heavy atom. The first-order chi connectivity index (χ1) is 4.84. The summed E-state index contributed by atoms with van der Waals surface area (Å²) in [5.41, 5.74) is 6.21. The van der Waals surface area contributed by atoms with Crippen LogP contribution in [0.1, 0.15) is 11.6 Å². The minimum atomic E-state index is -0.502. The van der Waals surface area contributed by atoms with Crippen LogP contribution in [0.3, 0.4) is 0 Å². The second-order valence-electron chi connectivity index (χ2n) is 2.00. The van der Waals surface area contributed by atoms with Crippen molar-refractivity contribution in [2.45, 2.75) is 6.04 Å². The van der Waals surface area contributed by atoms with Crippen LogP contribution in [0.5, 0.6) is 0 Å². The minimum absolute atomic E-state index is 0.502. The van der Waals surface area contributed by atoms with E-state index in [4.69, 9.17) is 5.73 Å². The van der Waals surface area contributed by atoms with E-state index in [2.05, 4.69) is 6.07 Å². The molecule has 2 N–H and O–H groups in total. The van der Waals surface area contributed by atoms with Crippen molar-refractivity contribution in [3.8, 4) is 0 Å². The molecule has 0 aliphatic carbocycles. The van der Waals surface area contributed by atoms with Crippen LogP contribution in [0.15, 0.2) is 24.3 Å². The predicted octanol–water partition coefficient (Wildman–Crippen LogP) is 0.685. The third-order valence-electron chi connectivity index (χ3n) is 1.26. The SMILES string of the molecule is NC(C=O)c1c[c]ccc1. The second-order valence-corrected chi connectivity index (χ2v) is 2.00. The molecular formula is C8H8NO. The highest BCUT2D eigenvalue weighted by atomic mass is 16.1. The maximum absolute atomic E-state index is 10.2. The molecule has 51 valence electrons. The molecule has 0 fully saturated rings. The van der Waals surface area contributed by atoms with Crippen molar-refractivity contribution in [3.05, 3.63) is 35.9 Å². The van der Waals surface area contributed by atoms with Gasteiger partial charge in [-0.1, -0.05) is 18.2 Å². The first kappa shape index (κ1) is 6.96. The van der Waals surface area contributed by atoms with Gasteiger partial charge in [0, 0.05) is 0 Å². The molecule has 1 unspecified atom stereocenters. The summed E-state index contributed by atoms with van der Waals surface area (Å²) in [5, 5.41) is 0. The molecule has 0 bridgehead atoms. The topological polar surface area (TPSA) is 43.1 Å². The van der Waals surface area contributed by atoms with Gasteiger partial charge >= 0.3 is 0 Å². The Morgan fingerprint density at radius 1 is 1.70 bits per heavy atom. The quantitative estimate of drug-likeness (QED) is 0.604. The van der Waals surface area contributed by atoms with Crippen LogP contribution in [0, 0.1) is 6.07 Å². The smallest absolute Gasteiger partial charge is 0.141 e. The molecule has 1 rings (SSSR count). The normalized spacial score (nSPS) is 12.5. The molecule has 0 spiro atoms. The Bertz CT molecular complexity index is 208. The largest absolute Gasteiger partial charge is 0.318 e. The summed E-state index contributed by atoms with van der Waals surface area (Å²) >= 11 is 0. The number of rotatable bonds is 2. The van der Waals surface area contributed by atoms with Gasteiger partial charge in [0.25, 0.3) is 0 Å². The zero-order valence-electron chi connectivity index (χ0n) is 5.45. The Kier molecular flexibility index (Phi) is 2.18. The van der Waals surface area contributed by atoms with Crippen LogP contribution in [0.25, 0.3) is 0 Å². The van der Waals surface area contributed by atoms with E-state index >= 15 is 0 Å². The van der Waals surface area contributed by atoms with E-state index in [1.165, 1.54) is 0 Å². The Morgan fingerprint density at radius 3 is 3.00 bits per heavy atom. The fourth-order valence-electron chi connectivity index (χ4n) is 0.693. The summed E-state index contributed by atoms with van der Waals surface area (Å²) in [6.45, 7) is 0. The molecule has 1 aromatic carbocycles. The average Bonchev–Trinajstić information content (AvgIpc) is 2.05. The van der Waals surface area contributed by atoms with Gasteiger partial charge in [0.05, 0.1) is 6.04 Å². The van der Waals surface area contributed by atoms with E-state index in [9.17, 15) is 4.79 Å². The standard InChI is InChI=1S/C8H8NO/c9-8(6-10)7-4-2-1-3-5-7/h1-2,4-6,8H,9H2. The highest BCUT2D eigenvalue weighted by Crippen LogP contribution is 2.04. The fourth-order valence-corrected chi connectivity index (χ4v) is 0.693. The summed E-state index contributed by atoms with van der Waals surface area (Å²) < 4.78 is 0. The zero-order valence-corrected chi connectivity index (χ0v) is 5.45. The molecule has 1 radical (unpaired) electrons. The summed E-state index contributed by atoms with van der Waals surface area (Å²) in [6.07, 6.45) is 0.711. The van der Waals surface area contributed by atoms with Crippen LogP contribution >= 0.6 is 0 Å². The lowest BCUT2D eigenvalue weighted by atomic mass is 10.1. The first-order valence-electron chi connectivity index (χ1n) is 3.01. The summed E-state index contributed by atoms with van der Waals surface area (Å²) in [5.74, 6) is 0. The van der Waals surface area contributed by atoms with Gasteiger partial charge in [-0.3, -0.25) is 0 Å². The molecule has 0 amide bonds. The van der Waals surface area contributed by atoms with Gasteiger partial charge in [0.2, 0.25) is 0 Å². The molecule has 0 aromatic heterocycles. The second kappa shape index (κ2) is 3.13. The van der Waals surface area contributed by atoms with Gasteiger partial charge in [0.15, 0.2) is 0 Å². The molecular weight excluding hydrogens is 126 g/mol. The molecule has 1 atom stereocenters. The maximum Gasteiger partial charge on any atom is 0.141 e. The predicted molar refractivity (Wildman–Crippen MR) is 38.3 cm³/mol. The van der Waals surface area contributed by atoms with Gasteiger partial charge < -0.3 is 10.5 Å². The lowest BCUT2D eigenvalue weighted by Crippen LogP contribution is -2.10. The summed E-state index contributed by atoms with van der Waals surface area (Å²) in [6, 6.07) is 9.41. The number of hydrogen-bond acceptors (Lipinski definition) is 2. The molecule has 0 saturated carbocycles. The van der Waals surface area contributed by atoms with Crippen molar-refractivity contribution in [3.63, 3.8) is 0 Å². The van der Waals surface area contributed by atoms with Crippen LogP contribution in [-0.2, 0) is 4.79 Å². The van der Waals surface area contributed by atoms with Gasteiger partial charge in [-0.15, -0.1) is 0 Å².